The molecule has 0 unspecified atom stereocenters. The molecule has 4 heteroatoms. The number of nitrogens with zero attached hydrogens (tertiary/aromatic N) is 1. The smallest absolute Gasteiger partial charge is 0.106 e. The number of hydrogen-bond acceptors (Lipinski definition) is 3. The second-order valence-electron chi connectivity index (χ2n) is 2.19. The van der Waals surface area contributed by atoms with E-state index in [0.717, 1.165) is 5.03 Å². The Hall–Kier alpha value is -0.450. The van der Waals surface area contributed by atoms with Crippen LogP contribution in [0.15, 0.2) is 17.2 Å². The van der Waals surface area contributed by atoms with Gasteiger partial charge in [0.25, 0.3) is 0 Å². The zero-order chi connectivity index (χ0) is 8.27. The normalized spacial score (nSPS) is 10.5. The zero-order valence-electron chi connectivity index (χ0n) is 6.83. The Morgan fingerprint density at radius 1 is 1.45 bits per heavy atom. The number of aromatic nitrogens is 1. The summed E-state index contributed by atoms with van der Waals surface area (Å²) in [4.78, 5) is 4.46. The fourth-order valence-electron chi connectivity index (χ4n) is 0.742. The molecular weight excluding hydrogens is 162 g/mol. The first-order chi connectivity index (χ1) is 5.25. The Kier molecular flexibility index (Phi) is 2.99. The highest BCUT2D eigenvalue weighted by Gasteiger charge is 2.01. The summed E-state index contributed by atoms with van der Waals surface area (Å²) in [5.74, 6) is 0. The molecule has 0 bridgehead atoms. The lowest BCUT2D eigenvalue weighted by Gasteiger charge is -2.01. The van der Waals surface area contributed by atoms with Gasteiger partial charge in [0, 0.05) is 12.7 Å². The average Bonchev–Trinajstić information content (AvgIpc) is 2.31. The molecule has 0 fully saturated rings. The van der Waals surface area contributed by atoms with Crippen molar-refractivity contribution in [2.24, 2.45) is 7.05 Å². The maximum atomic E-state index is 4.71. The van der Waals surface area contributed by atoms with Crippen LogP contribution in [0.5, 0.6) is 0 Å². The summed E-state index contributed by atoms with van der Waals surface area (Å²) in [6.07, 6.45) is 0. The van der Waals surface area contributed by atoms with Gasteiger partial charge in [-0.25, -0.2) is 4.89 Å². The van der Waals surface area contributed by atoms with Gasteiger partial charge < -0.3 is 4.57 Å². The van der Waals surface area contributed by atoms with Gasteiger partial charge in [-0.2, -0.15) is 4.33 Å². The quantitative estimate of drug-likeness (QED) is 0.396. The van der Waals surface area contributed by atoms with E-state index >= 15 is 0 Å². The van der Waals surface area contributed by atoms with Gasteiger partial charge in [0.05, 0.1) is 19.2 Å². The van der Waals surface area contributed by atoms with Gasteiger partial charge in [-0.1, -0.05) is 0 Å². The molecule has 0 N–H and O–H groups in total. The standard InChI is InChI=1S/C7H11NO2S/c1-6-4-5-7(8(6)2)11-10-9-3/h4-5H,1-3H3. The molecule has 0 spiro atoms. The molecule has 0 aliphatic rings. The Morgan fingerprint density at radius 2 is 2.18 bits per heavy atom. The predicted molar refractivity (Wildman–Crippen MR) is 44.1 cm³/mol. The maximum Gasteiger partial charge on any atom is 0.106 e. The molecule has 3 nitrogen and oxygen atoms in total. The fourth-order valence-corrected chi connectivity index (χ4v) is 1.26. The van der Waals surface area contributed by atoms with E-state index in [1.54, 1.807) is 0 Å². The van der Waals surface area contributed by atoms with E-state index in [4.69, 9.17) is 4.33 Å². The van der Waals surface area contributed by atoms with E-state index in [-0.39, 0.29) is 0 Å². The number of hydrogen-bond donors (Lipinski definition) is 0. The van der Waals surface area contributed by atoms with E-state index in [2.05, 4.69) is 4.89 Å². The van der Waals surface area contributed by atoms with E-state index in [0.29, 0.717) is 0 Å². The van der Waals surface area contributed by atoms with Crippen molar-refractivity contribution in [2.75, 3.05) is 7.11 Å². The number of rotatable bonds is 3. The summed E-state index contributed by atoms with van der Waals surface area (Å²) in [5.41, 5.74) is 1.20. The van der Waals surface area contributed by atoms with Crippen LogP contribution >= 0.6 is 12.0 Å². The SMILES string of the molecule is COOSc1ccc(C)n1C. The molecule has 0 aromatic carbocycles. The van der Waals surface area contributed by atoms with Gasteiger partial charge in [0.2, 0.25) is 0 Å². The van der Waals surface area contributed by atoms with Gasteiger partial charge >= 0.3 is 0 Å². The third kappa shape index (κ3) is 1.99. The highest BCUT2D eigenvalue weighted by molar-refractivity contribution is 7.94. The molecular formula is C7H11NO2S. The average molecular weight is 173 g/mol. The third-order valence-electron chi connectivity index (χ3n) is 1.51. The lowest BCUT2D eigenvalue weighted by molar-refractivity contribution is -0.160. The minimum absolute atomic E-state index is 1.03. The second-order valence-corrected chi connectivity index (χ2v) is 2.91. The first kappa shape index (κ1) is 8.64. The van der Waals surface area contributed by atoms with Crippen LogP contribution in [0.2, 0.25) is 0 Å². The molecule has 0 atom stereocenters. The van der Waals surface area contributed by atoms with Crippen molar-refractivity contribution < 1.29 is 9.22 Å². The third-order valence-corrected chi connectivity index (χ3v) is 2.30. The summed E-state index contributed by atoms with van der Waals surface area (Å²) in [6.45, 7) is 2.04. The Morgan fingerprint density at radius 3 is 2.64 bits per heavy atom. The van der Waals surface area contributed by atoms with E-state index in [1.165, 1.54) is 24.8 Å². The molecule has 0 radical (unpaired) electrons. The Bertz CT molecular complexity index is 234. The van der Waals surface area contributed by atoms with Gasteiger partial charge in [-0.15, -0.1) is 0 Å². The first-order valence-electron chi connectivity index (χ1n) is 3.25. The van der Waals surface area contributed by atoms with Crippen molar-refractivity contribution in [2.45, 2.75) is 11.9 Å². The Balaban J connectivity index is 2.63. The highest BCUT2D eigenvalue weighted by Crippen LogP contribution is 2.20. The van der Waals surface area contributed by atoms with Crippen molar-refractivity contribution in [3.63, 3.8) is 0 Å². The van der Waals surface area contributed by atoms with Gasteiger partial charge in [-0.05, 0) is 19.1 Å². The molecule has 0 amide bonds. The van der Waals surface area contributed by atoms with Crippen molar-refractivity contribution in [1.29, 1.82) is 0 Å². The molecule has 1 aromatic rings. The van der Waals surface area contributed by atoms with E-state index in [1.807, 2.05) is 30.7 Å². The number of aryl methyl sites for hydroxylation is 1. The predicted octanol–water partition coefficient (Wildman–Crippen LogP) is 1.92. The van der Waals surface area contributed by atoms with Crippen LogP contribution in [0.25, 0.3) is 0 Å². The van der Waals surface area contributed by atoms with Gasteiger partial charge in [0.15, 0.2) is 0 Å². The molecule has 1 aromatic heterocycles. The highest BCUT2D eigenvalue weighted by atomic mass is 32.2. The summed E-state index contributed by atoms with van der Waals surface area (Å²) in [5, 5.41) is 1.03. The minimum Gasteiger partial charge on any atom is -0.341 e. The van der Waals surface area contributed by atoms with Crippen LogP contribution in [-0.4, -0.2) is 11.7 Å². The summed E-state index contributed by atoms with van der Waals surface area (Å²) >= 11 is 1.21. The van der Waals surface area contributed by atoms with Crippen LogP contribution in [0.3, 0.4) is 0 Å². The van der Waals surface area contributed by atoms with Crippen LogP contribution in [0.1, 0.15) is 5.69 Å². The molecule has 0 aliphatic carbocycles. The molecule has 1 heterocycles. The van der Waals surface area contributed by atoms with E-state index in [9.17, 15) is 0 Å². The van der Waals surface area contributed by atoms with Crippen molar-refractivity contribution in [1.82, 2.24) is 4.57 Å². The van der Waals surface area contributed by atoms with Gasteiger partial charge in [0.1, 0.15) is 5.03 Å². The van der Waals surface area contributed by atoms with Crippen LogP contribution in [0.4, 0.5) is 0 Å². The summed E-state index contributed by atoms with van der Waals surface area (Å²) in [6, 6.07) is 4.01. The molecule has 11 heavy (non-hydrogen) atoms. The minimum atomic E-state index is 1.03. The van der Waals surface area contributed by atoms with Crippen molar-refractivity contribution in [3.05, 3.63) is 17.8 Å². The summed E-state index contributed by atoms with van der Waals surface area (Å²) in [7, 11) is 3.47. The molecule has 62 valence electrons. The van der Waals surface area contributed by atoms with Crippen LogP contribution < -0.4 is 0 Å². The molecule has 0 aliphatic heterocycles. The Labute approximate surface area is 70.4 Å². The van der Waals surface area contributed by atoms with E-state index < -0.39 is 0 Å². The topological polar surface area (TPSA) is 23.4 Å². The molecule has 0 saturated heterocycles. The van der Waals surface area contributed by atoms with Crippen molar-refractivity contribution >= 4 is 12.0 Å². The monoisotopic (exact) mass is 173 g/mol. The molecule has 1 rings (SSSR count). The second kappa shape index (κ2) is 3.80. The first-order valence-corrected chi connectivity index (χ1v) is 3.99. The lowest BCUT2D eigenvalue weighted by Crippen LogP contribution is -1.92. The molecule has 0 saturated carbocycles. The van der Waals surface area contributed by atoms with Gasteiger partial charge in [-0.3, -0.25) is 0 Å². The summed E-state index contributed by atoms with van der Waals surface area (Å²) < 4.78 is 6.74. The zero-order valence-corrected chi connectivity index (χ0v) is 7.64. The lowest BCUT2D eigenvalue weighted by atomic mass is 10.5. The maximum absolute atomic E-state index is 4.71. The largest absolute Gasteiger partial charge is 0.341 e. The fraction of sp³-hybridized carbons (Fsp3) is 0.429. The van der Waals surface area contributed by atoms with Crippen LogP contribution in [-0.2, 0) is 16.3 Å². The van der Waals surface area contributed by atoms with Crippen LogP contribution in [0, 0.1) is 6.92 Å². The van der Waals surface area contributed by atoms with Crippen molar-refractivity contribution in [3.8, 4) is 0 Å².